The molecule has 1 aliphatic rings. The monoisotopic (exact) mass is 407 g/mol. The Labute approximate surface area is 181 Å². The van der Waals surface area contributed by atoms with Gasteiger partial charge in [-0.15, -0.1) is 0 Å². The van der Waals surface area contributed by atoms with Gasteiger partial charge in [-0.2, -0.15) is 5.26 Å². The van der Waals surface area contributed by atoms with E-state index >= 15 is 0 Å². The summed E-state index contributed by atoms with van der Waals surface area (Å²) in [6, 6.07) is 9.98. The van der Waals surface area contributed by atoms with Crippen molar-refractivity contribution in [1.82, 2.24) is 9.55 Å². The van der Waals surface area contributed by atoms with Gasteiger partial charge in [0.1, 0.15) is 12.3 Å². The number of imidazole rings is 1. The van der Waals surface area contributed by atoms with Gasteiger partial charge in [0.05, 0.1) is 30.1 Å². The van der Waals surface area contributed by atoms with Crippen molar-refractivity contribution < 1.29 is 4.74 Å². The number of benzene rings is 1. The molecule has 0 aliphatic carbocycles. The second kappa shape index (κ2) is 12.0. The molecule has 0 saturated heterocycles. The number of hydrogen-bond donors (Lipinski definition) is 1. The van der Waals surface area contributed by atoms with Gasteiger partial charge in [0, 0.05) is 36.1 Å². The lowest BCUT2D eigenvalue weighted by atomic mass is 10.2. The second-order valence-electron chi connectivity index (χ2n) is 6.15. The van der Waals surface area contributed by atoms with Gasteiger partial charge in [0.15, 0.2) is 0 Å². The fraction of sp³-hybridized carbons (Fsp3) is 0. The molecule has 6 heteroatoms. The summed E-state index contributed by atoms with van der Waals surface area (Å²) in [5.74, 6) is 0. The fourth-order valence-corrected chi connectivity index (χ4v) is 2.48. The molecule has 0 fully saturated rings. The number of fused-ring (bicyclic) bond motifs is 2. The number of nitriles is 1. The normalized spacial score (nSPS) is 19.4. The maximum atomic E-state index is 9.18. The van der Waals surface area contributed by atoms with Crippen LogP contribution in [0.4, 0.5) is 5.69 Å². The zero-order valence-electron chi connectivity index (χ0n) is 16.7. The molecule has 0 bridgehead atoms. The smallest absolute Gasteiger partial charge is 0.108 e. The van der Waals surface area contributed by atoms with Gasteiger partial charge in [0.2, 0.25) is 0 Å². The second-order valence-corrected chi connectivity index (χ2v) is 6.15. The highest BCUT2D eigenvalue weighted by Crippen LogP contribution is 2.13. The number of nitrogens with zero attached hydrogens (tertiary/aromatic N) is 4. The van der Waals surface area contributed by atoms with E-state index in [2.05, 4.69) is 21.4 Å². The third-order valence-electron chi connectivity index (χ3n) is 3.98. The highest BCUT2D eigenvalue weighted by Gasteiger charge is 1.96. The predicted molar refractivity (Wildman–Crippen MR) is 126 cm³/mol. The van der Waals surface area contributed by atoms with E-state index in [0.717, 1.165) is 16.9 Å². The molecule has 1 aliphatic heterocycles. The van der Waals surface area contributed by atoms with E-state index in [1.165, 1.54) is 12.5 Å². The molecule has 31 heavy (non-hydrogen) atoms. The Balaban J connectivity index is 1.86. The molecule has 0 spiro atoms. The number of para-hydroxylation sites is 1. The quantitative estimate of drug-likeness (QED) is 0.632. The minimum atomic E-state index is 0.392. The molecule has 1 N–H and O–H groups in total. The largest absolute Gasteiger partial charge is 0.471 e. The Hall–Kier alpha value is -4.63. The maximum Gasteiger partial charge on any atom is 0.108 e. The van der Waals surface area contributed by atoms with Gasteiger partial charge < -0.3 is 14.6 Å². The molecule has 2 aromatic rings. The lowest BCUT2D eigenvalue weighted by Crippen LogP contribution is -1.93. The molecule has 3 rings (SSSR count). The number of aliphatic imine (C=N–C) groups is 1. The minimum Gasteiger partial charge on any atom is -0.471 e. The van der Waals surface area contributed by atoms with E-state index in [9.17, 15) is 5.26 Å². The molecular weight excluding hydrogens is 386 g/mol. The van der Waals surface area contributed by atoms with Crippen molar-refractivity contribution in [2.45, 2.75) is 0 Å². The lowest BCUT2D eigenvalue weighted by Gasteiger charge is -2.04. The Morgan fingerprint density at radius 2 is 1.90 bits per heavy atom. The molecule has 0 saturated carbocycles. The summed E-state index contributed by atoms with van der Waals surface area (Å²) in [7, 11) is 0. The van der Waals surface area contributed by atoms with E-state index in [4.69, 9.17) is 4.74 Å². The van der Waals surface area contributed by atoms with Crippen LogP contribution in [-0.4, -0.2) is 15.8 Å². The number of ether oxygens (including phenoxy) is 1. The van der Waals surface area contributed by atoms with Crippen LogP contribution < -0.4 is 5.32 Å². The molecule has 1 aromatic heterocycles. The van der Waals surface area contributed by atoms with Crippen molar-refractivity contribution in [3.63, 3.8) is 0 Å². The van der Waals surface area contributed by atoms with Gasteiger partial charge >= 0.3 is 0 Å². The summed E-state index contributed by atoms with van der Waals surface area (Å²) in [5, 5.41) is 12.4. The van der Waals surface area contributed by atoms with Gasteiger partial charge in [-0.3, -0.25) is 4.99 Å². The van der Waals surface area contributed by atoms with Crippen LogP contribution in [0.25, 0.3) is 12.3 Å². The first-order valence-electron chi connectivity index (χ1n) is 9.53. The third kappa shape index (κ3) is 7.04. The Morgan fingerprint density at radius 1 is 1.00 bits per heavy atom. The summed E-state index contributed by atoms with van der Waals surface area (Å²) in [5.41, 5.74) is 3.17. The number of rotatable bonds is 0. The summed E-state index contributed by atoms with van der Waals surface area (Å²) < 4.78 is 7.12. The summed E-state index contributed by atoms with van der Waals surface area (Å²) in [4.78, 5) is 8.56. The molecule has 0 radical (unpaired) electrons. The number of nitrogens with one attached hydrogen (secondary N) is 1. The zero-order valence-corrected chi connectivity index (χ0v) is 16.7. The van der Waals surface area contributed by atoms with Crippen LogP contribution in [0.3, 0.4) is 0 Å². The SMILES string of the molecule is N#CC1=CO/C=C/C=C\C=C\Nc2ccccc2C=N/C=C/c2cncn2/C=C\C=C1. The van der Waals surface area contributed by atoms with Gasteiger partial charge in [-0.25, -0.2) is 4.98 Å². The van der Waals surface area contributed by atoms with Crippen LogP contribution in [-0.2, 0) is 4.74 Å². The van der Waals surface area contributed by atoms with Crippen LogP contribution in [0.2, 0.25) is 0 Å². The van der Waals surface area contributed by atoms with Gasteiger partial charge in [0.25, 0.3) is 0 Å². The minimum absolute atomic E-state index is 0.392. The number of anilines is 1. The molecule has 2 heterocycles. The Kier molecular flexibility index (Phi) is 8.19. The van der Waals surface area contributed by atoms with Crippen LogP contribution in [0.15, 0.2) is 115 Å². The van der Waals surface area contributed by atoms with Crippen LogP contribution in [0.5, 0.6) is 0 Å². The third-order valence-corrected chi connectivity index (χ3v) is 3.98. The number of allylic oxidation sites excluding steroid dienone is 8. The van der Waals surface area contributed by atoms with Crippen LogP contribution in [0, 0.1) is 11.3 Å². The average molecular weight is 407 g/mol. The first-order chi connectivity index (χ1) is 15.4. The summed E-state index contributed by atoms with van der Waals surface area (Å²) in [6.45, 7) is 0. The van der Waals surface area contributed by atoms with E-state index in [1.807, 2.05) is 71.6 Å². The van der Waals surface area contributed by atoms with E-state index in [1.54, 1.807) is 43.2 Å². The Morgan fingerprint density at radius 3 is 2.84 bits per heavy atom. The van der Waals surface area contributed by atoms with Crippen molar-refractivity contribution in [2.24, 2.45) is 4.99 Å². The average Bonchev–Trinajstić information content (AvgIpc) is 3.24. The van der Waals surface area contributed by atoms with Crippen LogP contribution in [0.1, 0.15) is 11.3 Å². The standard InChI is InChI=1S/C25H21N5O/c26-17-22-9-5-7-15-30-21-28-19-24(30)12-14-27-18-23-10-3-4-11-25(23)29-13-6-1-2-8-16-31-20-22/h1-16,18-21,29H/b2-1-,9-5?,13-6+,14-12+,15-7-,16-8+,22-20?,27-18?. The van der Waals surface area contributed by atoms with Crippen molar-refractivity contribution in [3.05, 3.63) is 121 Å². The number of hydrogen-bond acceptors (Lipinski definition) is 5. The Bertz CT molecular complexity index is 1150. The predicted octanol–water partition coefficient (Wildman–Crippen LogP) is 5.43. The maximum absolute atomic E-state index is 9.18. The zero-order chi connectivity index (χ0) is 21.6. The molecule has 0 atom stereocenters. The van der Waals surface area contributed by atoms with E-state index in [0.29, 0.717) is 5.57 Å². The van der Waals surface area contributed by atoms with Crippen LogP contribution >= 0.6 is 0 Å². The lowest BCUT2D eigenvalue weighted by molar-refractivity contribution is 0.401. The molecule has 1 aromatic carbocycles. The highest BCUT2D eigenvalue weighted by atomic mass is 16.5. The summed E-state index contributed by atoms with van der Waals surface area (Å²) >= 11 is 0. The first kappa shape index (κ1) is 21.1. The fourth-order valence-electron chi connectivity index (χ4n) is 2.48. The molecule has 0 amide bonds. The van der Waals surface area contributed by atoms with Crippen molar-refractivity contribution >= 4 is 24.2 Å². The first-order valence-corrected chi connectivity index (χ1v) is 9.53. The topological polar surface area (TPSA) is 75.2 Å². The van der Waals surface area contributed by atoms with Crippen molar-refractivity contribution in [1.29, 1.82) is 5.26 Å². The van der Waals surface area contributed by atoms with Gasteiger partial charge in [-0.05, 0) is 36.4 Å². The molecular formula is C25H21N5O. The van der Waals surface area contributed by atoms with Crippen molar-refractivity contribution in [3.8, 4) is 6.07 Å². The molecule has 152 valence electrons. The molecule has 6 nitrogen and oxygen atoms in total. The molecule has 0 unspecified atom stereocenters. The van der Waals surface area contributed by atoms with E-state index < -0.39 is 0 Å². The number of aromatic nitrogens is 2. The van der Waals surface area contributed by atoms with Crippen molar-refractivity contribution in [2.75, 3.05) is 5.32 Å². The van der Waals surface area contributed by atoms with E-state index in [-0.39, 0.29) is 0 Å². The highest BCUT2D eigenvalue weighted by molar-refractivity contribution is 5.88. The van der Waals surface area contributed by atoms with Gasteiger partial charge in [-0.1, -0.05) is 36.4 Å². The summed E-state index contributed by atoms with van der Waals surface area (Å²) in [6.07, 6.45) is 27.9.